The molecule has 0 aromatic heterocycles. The fourth-order valence-corrected chi connectivity index (χ4v) is 0. The van der Waals surface area contributed by atoms with E-state index in [2.05, 4.69) is 12.2 Å². The van der Waals surface area contributed by atoms with Crippen molar-refractivity contribution in [1.82, 2.24) is 5.32 Å². The van der Waals surface area contributed by atoms with Crippen molar-refractivity contribution in [2.24, 2.45) is 0 Å². The first-order chi connectivity index (χ1) is 1.91. The molecule has 0 fully saturated rings. The molecule has 0 saturated heterocycles. The van der Waals surface area contributed by atoms with Crippen LogP contribution in [0.2, 0.25) is 0 Å². The molecule has 0 unspecified atom stereocenters. The Morgan fingerprint density at radius 3 is 1.80 bits per heavy atom. The van der Waals surface area contributed by atoms with Gasteiger partial charge in [0.25, 0.3) is 0 Å². The van der Waals surface area contributed by atoms with Gasteiger partial charge in [0.05, 0.1) is 0 Å². The predicted octanol–water partition coefficient (Wildman–Crippen LogP) is 0.223. The van der Waals surface area contributed by atoms with Crippen LogP contribution < -0.4 is 5.32 Å². The van der Waals surface area contributed by atoms with Crippen molar-refractivity contribution in [1.29, 1.82) is 0 Å². The Morgan fingerprint density at radius 1 is 1.60 bits per heavy atom. The average molecular weight is 148 g/mol. The van der Waals surface area contributed by atoms with Gasteiger partial charge in [0, 0.05) is 32.7 Å². The van der Waals surface area contributed by atoms with Gasteiger partial charge in [-0.1, -0.05) is 6.92 Å². The van der Waals surface area contributed by atoms with Crippen LogP contribution in [0, 0.1) is 0 Å². The fraction of sp³-hybridized carbons (Fsp3) is 1.00. The summed E-state index contributed by atoms with van der Waals surface area (Å²) in [6.07, 6.45) is 0. The maximum Gasteiger partial charge on any atom is 0 e. The first-order valence-electron chi connectivity index (χ1n) is 1.56. The second kappa shape index (κ2) is 8.91. The molecule has 0 atom stereocenters. The van der Waals surface area contributed by atoms with Gasteiger partial charge in [-0.3, -0.25) is 0 Å². The third kappa shape index (κ3) is 11.2. The number of nitrogens with one attached hydrogen (secondary N) is 1. The second-order valence-corrected chi connectivity index (χ2v) is 0.707. The maximum atomic E-state index is 2.93. The van der Waals surface area contributed by atoms with Crippen LogP contribution in [0.3, 0.4) is 0 Å². The standard InChI is InChI=1S/C3H9N.Y/c1-3-4-2;/h4H,3H2,1-2H3;. The van der Waals surface area contributed by atoms with Crippen LogP contribution in [0.4, 0.5) is 0 Å². The van der Waals surface area contributed by atoms with Crippen molar-refractivity contribution < 1.29 is 32.7 Å². The summed E-state index contributed by atoms with van der Waals surface area (Å²) in [7, 11) is 1.93. The van der Waals surface area contributed by atoms with Gasteiger partial charge in [0.15, 0.2) is 0 Å². The molecule has 0 amide bonds. The van der Waals surface area contributed by atoms with E-state index in [9.17, 15) is 0 Å². The molecule has 0 aliphatic carbocycles. The normalized spacial score (nSPS) is 6.00. The van der Waals surface area contributed by atoms with Crippen LogP contribution >= 0.6 is 0 Å². The zero-order valence-electron chi connectivity index (χ0n) is 3.78. The molecule has 1 radical (unpaired) electrons. The van der Waals surface area contributed by atoms with Crippen molar-refractivity contribution in [3.05, 3.63) is 0 Å². The summed E-state index contributed by atoms with van der Waals surface area (Å²) < 4.78 is 0. The van der Waals surface area contributed by atoms with Crippen molar-refractivity contribution in [2.45, 2.75) is 6.92 Å². The number of hydrogen-bond donors (Lipinski definition) is 1. The van der Waals surface area contributed by atoms with E-state index in [4.69, 9.17) is 0 Å². The quantitative estimate of drug-likeness (QED) is 0.561. The van der Waals surface area contributed by atoms with Gasteiger partial charge in [-0.15, -0.1) is 0 Å². The van der Waals surface area contributed by atoms with Gasteiger partial charge < -0.3 is 5.32 Å². The van der Waals surface area contributed by atoms with Crippen molar-refractivity contribution in [2.75, 3.05) is 13.6 Å². The molecule has 0 aromatic rings. The Labute approximate surface area is 58.4 Å². The van der Waals surface area contributed by atoms with Crippen LogP contribution in [0.25, 0.3) is 0 Å². The van der Waals surface area contributed by atoms with Gasteiger partial charge in [0.2, 0.25) is 0 Å². The molecule has 0 rings (SSSR count). The Hall–Kier alpha value is 1.06. The van der Waals surface area contributed by atoms with E-state index in [1.54, 1.807) is 0 Å². The first kappa shape index (κ1) is 9.42. The summed E-state index contributed by atoms with van der Waals surface area (Å²) in [6.45, 7) is 3.14. The molecule has 5 heavy (non-hydrogen) atoms. The molecule has 29 valence electrons. The van der Waals surface area contributed by atoms with E-state index >= 15 is 0 Å². The van der Waals surface area contributed by atoms with Crippen LogP contribution in [0.5, 0.6) is 0 Å². The summed E-state index contributed by atoms with van der Waals surface area (Å²) in [4.78, 5) is 0. The zero-order valence-corrected chi connectivity index (χ0v) is 6.62. The van der Waals surface area contributed by atoms with E-state index in [-0.39, 0.29) is 32.7 Å². The molecular weight excluding hydrogens is 139 g/mol. The summed E-state index contributed by atoms with van der Waals surface area (Å²) in [5.41, 5.74) is 0. The topological polar surface area (TPSA) is 12.0 Å². The first-order valence-corrected chi connectivity index (χ1v) is 1.56. The molecule has 0 heterocycles. The van der Waals surface area contributed by atoms with E-state index in [0.29, 0.717) is 0 Å². The van der Waals surface area contributed by atoms with Gasteiger partial charge in [-0.05, 0) is 13.6 Å². The molecule has 0 aromatic carbocycles. The third-order valence-electron chi connectivity index (χ3n) is 0.354. The molecule has 0 aliphatic rings. The van der Waals surface area contributed by atoms with Crippen molar-refractivity contribution >= 4 is 0 Å². The zero-order chi connectivity index (χ0) is 3.41. The monoisotopic (exact) mass is 148 g/mol. The Bertz CT molecular complexity index is 8.85. The van der Waals surface area contributed by atoms with Crippen molar-refractivity contribution in [3.8, 4) is 0 Å². The number of hydrogen-bond acceptors (Lipinski definition) is 1. The molecule has 2 heteroatoms. The smallest absolute Gasteiger partial charge is 0 e. The average Bonchev–Trinajstić information content (AvgIpc) is 1.37. The van der Waals surface area contributed by atoms with Crippen LogP contribution in [0.15, 0.2) is 0 Å². The largest absolute Gasteiger partial charge is 0.320 e. The molecule has 0 saturated carbocycles. The minimum Gasteiger partial charge on any atom is -0.320 e. The SMILES string of the molecule is CCNC.[Y]. The number of rotatable bonds is 1. The predicted molar refractivity (Wildman–Crippen MR) is 19.6 cm³/mol. The van der Waals surface area contributed by atoms with Gasteiger partial charge in [-0.25, -0.2) is 0 Å². The van der Waals surface area contributed by atoms with Crippen LogP contribution in [0.1, 0.15) is 6.92 Å². The van der Waals surface area contributed by atoms with Gasteiger partial charge >= 0.3 is 0 Å². The van der Waals surface area contributed by atoms with E-state index in [0.717, 1.165) is 6.54 Å². The van der Waals surface area contributed by atoms with Gasteiger partial charge in [0.1, 0.15) is 0 Å². The summed E-state index contributed by atoms with van der Waals surface area (Å²) in [5, 5.41) is 2.93. The van der Waals surface area contributed by atoms with Crippen molar-refractivity contribution in [3.63, 3.8) is 0 Å². The molecule has 0 bridgehead atoms. The molecule has 1 N–H and O–H groups in total. The second-order valence-electron chi connectivity index (χ2n) is 0.707. The minimum absolute atomic E-state index is 0. The molecular formula is C3H9NY. The summed E-state index contributed by atoms with van der Waals surface area (Å²) >= 11 is 0. The Morgan fingerprint density at radius 2 is 1.80 bits per heavy atom. The summed E-state index contributed by atoms with van der Waals surface area (Å²) in [6, 6.07) is 0. The van der Waals surface area contributed by atoms with E-state index < -0.39 is 0 Å². The van der Waals surface area contributed by atoms with E-state index in [1.807, 2.05) is 7.05 Å². The Balaban J connectivity index is 0. The summed E-state index contributed by atoms with van der Waals surface area (Å²) in [5.74, 6) is 0. The van der Waals surface area contributed by atoms with Crippen LogP contribution in [-0.4, -0.2) is 13.6 Å². The minimum atomic E-state index is 0. The molecule has 0 spiro atoms. The maximum absolute atomic E-state index is 2.93. The van der Waals surface area contributed by atoms with Gasteiger partial charge in [-0.2, -0.15) is 0 Å². The molecule has 1 nitrogen and oxygen atoms in total. The van der Waals surface area contributed by atoms with Crippen LogP contribution in [-0.2, 0) is 32.7 Å². The third-order valence-corrected chi connectivity index (χ3v) is 0.354. The Kier molecular flexibility index (Phi) is 16.8. The van der Waals surface area contributed by atoms with E-state index in [1.165, 1.54) is 0 Å². The molecule has 0 aliphatic heterocycles. The fourth-order valence-electron chi connectivity index (χ4n) is 0.